The van der Waals surface area contributed by atoms with E-state index in [1.54, 1.807) is 29.2 Å². The van der Waals surface area contributed by atoms with Gasteiger partial charge in [0.25, 0.3) is 5.91 Å². The summed E-state index contributed by atoms with van der Waals surface area (Å²) >= 11 is 6.07. The first kappa shape index (κ1) is 17.4. The van der Waals surface area contributed by atoms with Crippen molar-refractivity contribution in [1.82, 2.24) is 4.90 Å². The van der Waals surface area contributed by atoms with Crippen LogP contribution in [0, 0.1) is 11.7 Å². The molecule has 130 valence electrons. The highest BCUT2D eigenvalue weighted by Crippen LogP contribution is 2.24. The number of benzene rings is 2. The minimum atomic E-state index is -0.382. The van der Waals surface area contributed by atoms with Gasteiger partial charge in [-0.15, -0.1) is 0 Å². The van der Waals surface area contributed by atoms with Crippen molar-refractivity contribution in [2.75, 3.05) is 18.4 Å². The van der Waals surface area contributed by atoms with Gasteiger partial charge < -0.3 is 10.2 Å². The Morgan fingerprint density at radius 1 is 1.12 bits per heavy atom. The first-order chi connectivity index (χ1) is 12.0. The third-order valence-electron chi connectivity index (χ3n) is 4.30. The fourth-order valence-corrected chi connectivity index (χ4v) is 3.13. The highest BCUT2D eigenvalue weighted by Gasteiger charge is 2.29. The third-order valence-corrected chi connectivity index (χ3v) is 4.63. The maximum atomic E-state index is 13.0. The van der Waals surface area contributed by atoms with E-state index >= 15 is 0 Å². The molecule has 1 heterocycles. The van der Waals surface area contributed by atoms with Crippen molar-refractivity contribution in [2.45, 2.75) is 12.8 Å². The number of rotatable bonds is 3. The van der Waals surface area contributed by atoms with Crippen LogP contribution in [0.1, 0.15) is 23.2 Å². The number of carbonyl (C=O) groups excluding carboxylic acids is 2. The standard InChI is InChI=1S/C19H18ClFN2O2/c20-16-5-1-2-6-17(16)22-18(24)14-4-3-11-23(12-14)19(25)13-7-9-15(21)10-8-13/h1-2,5-10,14H,3-4,11-12H2,(H,22,24). The molecule has 2 aromatic carbocycles. The summed E-state index contributed by atoms with van der Waals surface area (Å²) in [6, 6.07) is 12.5. The number of carbonyl (C=O) groups is 2. The molecular formula is C19H18ClFN2O2. The van der Waals surface area contributed by atoms with Gasteiger partial charge in [0.2, 0.25) is 5.91 Å². The molecule has 0 radical (unpaired) electrons. The first-order valence-electron chi connectivity index (χ1n) is 8.15. The molecule has 25 heavy (non-hydrogen) atoms. The Morgan fingerprint density at radius 3 is 2.56 bits per heavy atom. The highest BCUT2D eigenvalue weighted by atomic mass is 35.5. The van der Waals surface area contributed by atoms with Crippen LogP contribution in [0.3, 0.4) is 0 Å². The quantitative estimate of drug-likeness (QED) is 0.900. The van der Waals surface area contributed by atoms with Crippen LogP contribution in [0.2, 0.25) is 5.02 Å². The Morgan fingerprint density at radius 2 is 1.84 bits per heavy atom. The van der Waals surface area contributed by atoms with E-state index in [9.17, 15) is 14.0 Å². The number of halogens is 2. The van der Waals surface area contributed by atoms with Gasteiger partial charge in [-0.05, 0) is 49.2 Å². The molecule has 0 aliphatic carbocycles. The number of anilines is 1. The number of likely N-dealkylation sites (tertiary alicyclic amines) is 1. The Hall–Kier alpha value is -2.40. The molecule has 1 saturated heterocycles. The third kappa shape index (κ3) is 4.17. The van der Waals surface area contributed by atoms with Crippen molar-refractivity contribution in [2.24, 2.45) is 5.92 Å². The van der Waals surface area contributed by atoms with E-state index < -0.39 is 0 Å². The first-order valence-corrected chi connectivity index (χ1v) is 8.52. The van der Waals surface area contributed by atoms with Crippen LogP contribution in [0.5, 0.6) is 0 Å². The molecule has 6 heteroatoms. The van der Waals surface area contributed by atoms with Crippen molar-refractivity contribution in [3.8, 4) is 0 Å². The number of hydrogen-bond acceptors (Lipinski definition) is 2. The molecule has 0 spiro atoms. The molecule has 1 atom stereocenters. The Labute approximate surface area is 150 Å². The second-order valence-electron chi connectivity index (χ2n) is 6.07. The van der Waals surface area contributed by atoms with E-state index in [-0.39, 0.29) is 23.5 Å². The van der Waals surface area contributed by atoms with Crippen LogP contribution in [0.15, 0.2) is 48.5 Å². The molecule has 0 aromatic heterocycles. The van der Waals surface area contributed by atoms with Gasteiger partial charge in [-0.1, -0.05) is 23.7 Å². The summed E-state index contributed by atoms with van der Waals surface area (Å²) in [4.78, 5) is 26.7. The average molecular weight is 361 g/mol. The number of piperidine rings is 1. The minimum Gasteiger partial charge on any atom is -0.338 e. The van der Waals surface area contributed by atoms with Crippen LogP contribution in [-0.2, 0) is 4.79 Å². The maximum Gasteiger partial charge on any atom is 0.253 e. The zero-order valence-corrected chi connectivity index (χ0v) is 14.3. The lowest BCUT2D eigenvalue weighted by Crippen LogP contribution is -2.43. The molecule has 1 aliphatic heterocycles. The van der Waals surface area contributed by atoms with E-state index in [1.165, 1.54) is 24.3 Å². The van der Waals surface area contributed by atoms with Crippen molar-refractivity contribution < 1.29 is 14.0 Å². The number of nitrogens with zero attached hydrogens (tertiary/aromatic N) is 1. The van der Waals surface area contributed by atoms with Crippen LogP contribution in [-0.4, -0.2) is 29.8 Å². The molecular weight excluding hydrogens is 343 g/mol. The smallest absolute Gasteiger partial charge is 0.253 e. The minimum absolute atomic E-state index is 0.148. The highest BCUT2D eigenvalue weighted by molar-refractivity contribution is 6.33. The molecule has 0 bridgehead atoms. The number of para-hydroxylation sites is 1. The van der Waals surface area contributed by atoms with Gasteiger partial charge in [-0.2, -0.15) is 0 Å². The summed E-state index contributed by atoms with van der Waals surface area (Å²) in [6.45, 7) is 0.929. The summed E-state index contributed by atoms with van der Waals surface area (Å²) in [5.74, 6) is -1.01. The lowest BCUT2D eigenvalue weighted by atomic mass is 9.96. The van der Waals surface area contributed by atoms with Crippen LogP contribution in [0.25, 0.3) is 0 Å². The van der Waals surface area contributed by atoms with Crippen LogP contribution < -0.4 is 5.32 Å². The van der Waals surface area contributed by atoms with E-state index in [0.29, 0.717) is 35.8 Å². The largest absolute Gasteiger partial charge is 0.338 e. The number of nitrogens with one attached hydrogen (secondary N) is 1. The fraction of sp³-hybridized carbons (Fsp3) is 0.263. The van der Waals surface area contributed by atoms with Gasteiger partial charge in [-0.3, -0.25) is 9.59 Å². The summed E-state index contributed by atoms with van der Waals surface area (Å²) in [5, 5.41) is 3.31. The monoisotopic (exact) mass is 360 g/mol. The van der Waals surface area contributed by atoms with E-state index in [0.717, 1.165) is 6.42 Å². The number of hydrogen-bond donors (Lipinski definition) is 1. The molecule has 3 rings (SSSR count). The fourth-order valence-electron chi connectivity index (χ4n) is 2.95. The average Bonchev–Trinajstić information content (AvgIpc) is 2.64. The zero-order valence-electron chi connectivity index (χ0n) is 13.5. The van der Waals surface area contributed by atoms with E-state index in [4.69, 9.17) is 11.6 Å². The molecule has 0 saturated carbocycles. The van der Waals surface area contributed by atoms with Crippen molar-refractivity contribution in [1.29, 1.82) is 0 Å². The second kappa shape index (κ2) is 7.66. The molecule has 2 aromatic rings. The SMILES string of the molecule is O=C(Nc1ccccc1Cl)C1CCCN(C(=O)c2ccc(F)cc2)C1. The molecule has 2 amide bonds. The summed E-state index contributed by atoms with van der Waals surface area (Å²) in [7, 11) is 0. The van der Waals surface area contributed by atoms with Crippen molar-refractivity contribution >= 4 is 29.1 Å². The van der Waals surface area contributed by atoms with Gasteiger partial charge >= 0.3 is 0 Å². The Kier molecular flexibility index (Phi) is 5.34. The van der Waals surface area contributed by atoms with Gasteiger partial charge in [0, 0.05) is 18.7 Å². The lowest BCUT2D eigenvalue weighted by Gasteiger charge is -2.32. The topological polar surface area (TPSA) is 49.4 Å². The van der Waals surface area contributed by atoms with Gasteiger partial charge in [0.15, 0.2) is 0 Å². The van der Waals surface area contributed by atoms with Crippen molar-refractivity contribution in [3.63, 3.8) is 0 Å². The van der Waals surface area contributed by atoms with Gasteiger partial charge in [0.05, 0.1) is 16.6 Å². The maximum absolute atomic E-state index is 13.0. The van der Waals surface area contributed by atoms with Gasteiger partial charge in [0.1, 0.15) is 5.82 Å². The van der Waals surface area contributed by atoms with Crippen LogP contribution in [0.4, 0.5) is 10.1 Å². The Balaban J connectivity index is 1.66. The van der Waals surface area contributed by atoms with Crippen molar-refractivity contribution in [3.05, 3.63) is 64.9 Å². The predicted octanol–water partition coefficient (Wildman–Crippen LogP) is 3.97. The van der Waals surface area contributed by atoms with Gasteiger partial charge in [-0.25, -0.2) is 4.39 Å². The molecule has 1 N–H and O–H groups in total. The number of amides is 2. The molecule has 1 unspecified atom stereocenters. The Bertz CT molecular complexity index is 779. The lowest BCUT2D eigenvalue weighted by molar-refractivity contribution is -0.121. The molecule has 1 aliphatic rings. The summed E-state index contributed by atoms with van der Waals surface area (Å²) < 4.78 is 13.0. The summed E-state index contributed by atoms with van der Waals surface area (Å²) in [6.07, 6.45) is 1.46. The molecule has 4 nitrogen and oxygen atoms in total. The predicted molar refractivity (Wildman–Crippen MR) is 95.1 cm³/mol. The van der Waals surface area contributed by atoms with E-state index in [2.05, 4.69) is 5.32 Å². The normalized spacial score (nSPS) is 17.2. The molecule has 1 fully saturated rings. The second-order valence-corrected chi connectivity index (χ2v) is 6.47. The van der Waals surface area contributed by atoms with E-state index in [1.807, 2.05) is 0 Å². The van der Waals surface area contributed by atoms with Crippen LogP contribution >= 0.6 is 11.6 Å². The zero-order chi connectivity index (χ0) is 17.8. The summed E-state index contributed by atoms with van der Waals surface area (Å²) in [5.41, 5.74) is 0.990.